The largest absolute Gasteiger partial charge is 0.312 e. The smallest absolute Gasteiger partial charge is 0.262 e. The zero-order valence-corrected chi connectivity index (χ0v) is 11.3. The van der Waals surface area contributed by atoms with E-state index in [1.54, 1.807) is 13.8 Å². The second-order valence-electron chi connectivity index (χ2n) is 4.02. The molecule has 0 atom stereocenters. The van der Waals surface area contributed by atoms with Gasteiger partial charge in [0.25, 0.3) is 0 Å². The lowest BCUT2D eigenvalue weighted by atomic mass is 10.3. The van der Waals surface area contributed by atoms with Crippen LogP contribution in [0.2, 0.25) is 0 Å². The van der Waals surface area contributed by atoms with Gasteiger partial charge in [-0.15, -0.1) is 0 Å². The van der Waals surface area contributed by atoms with Crippen molar-refractivity contribution in [3.05, 3.63) is 21.5 Å². The van der Waals surface area contributed by atoms with Crippen LogP contribution in [0.15, 0.2) is 0 Å². The van der Waals surface area contributed by atoms with Gasteiger partial charge in [-0.2, -0.15) is 5.10 Å². The average Bonchev–Trinajstić information content (AvgIpc) is 2.47. The predicted octanol–water partition coefficient (Wildman–Crippen LogP) is 0.347. The van der Waals surface area contributed by atoms with Crippen LogP contribution >= 0.6 is 0 Å². The van der Waals surface area contributed by atoms with Crippen molar-refractivity contribution in [3.8, 4) is 0 Å². The zero-order valence-electron chi connectivity index (χ0n) is 10.5. The number of aryl methyl sites for hydroxylation is 2. The third-order valence-corrected chi connectivity index (χ3v) is 3.17. The summed E-state index contributed by atoms with van der Waals surface area (Å²) in [6.07, 6.45) is 1.60. The maximum Gasteiger partial charge on any atom is 0.312 e. The first-order valence-corrected chi connectivity index (χ1v) is 7.24. The second-order valence-corrected chi connectivity index (χ2v) is 5.85. The second kappa shape index (κ2) is 5.44. The first kappa shape index (κ1) is 14.6. The molecule has 1 aromatic heterocycles. The van der Waals surface area contributed by atoms with Crippen LogP contribution in [0, 0.1) is 24.0 Å². The van der Waals surface area contributed by atoms with E-state index in [0.717, 1.165) is 6.26 Å². The predicted molar refractivity (Wildman–Crippen MR) is 65.8 cm³/mol. The van der Waals surface area contributed by atoms with Crippen LogP contribution in [0.1, 0.15) is 17.8 Å². The van der Waals surface area contributed by atoms with Gasteiger partial charge < -0.3 is 0 Å². The summed E-state index contributed by atoms with van der Waals surface area (Å²) in [7, 11) is -3.19. The average molecular weight is 276 g/mol. The minimum absolute atomic E-state index is 0.0195. The molecule has 1 heterocycles. The van der Waals surface area contributed by atoms with Crippen molar-refractivity contribution < 1.29 is 13.3 Å². The number of hydrogen-bond donors (Lipinski definition) is 1. The molecule has 0 aliphatic carbocycles. The topological polar surface area (TPSA) is 107 Å². The number of hydrogen-bond acceptors (Lipinski definition) is 5. The Morgan fingerprint density at radius 1 is 1.44 bits per heavy atom. The molecule has 0 bridgehead atoms. The van der Waals surface area contributed by atoms with Crippen LogP contribution in [-0.2, 0) is 16.6 Å². The summed E-state index contributed by atoms with van der Waals surface area (Å²) in [6.45, 7) is 3.92. The van der Waals surface area contributed by atoms with Crippen molar-refractivity contribution in [2.75, 3.05) is 12.8 Å². The van der Waals surface area contributed by atoms with Crippen molar-refractivity contribution in [2.24, 2.45) is 0 Å². The molecule has 1 aromatic rings. The van der Waals surface area contributed by atoms with E-state index in [2.05, 4.69) is 9.82 Å². The van der Waals surface area contributed by atoms with E-state index in [4.69, 9.17) is 0 Å². The van der Waals surface area contributed by atoms with E-state index in [-0.39, 0.29) is 12.2 Å². The molecule has 9 heteroatoms. The Morgan fingerprint density at radius 3 is 2.50 bits per heavy atom. The lowest BCUT2D eigenvalue weighted by Crippen LogP contribution is -2.24. The van der Waals surface area contributed by atoms with Crippen molar-refractivity contribution in [3.63, 3.8) is 0 Å². The molecule has 0 aromatic carbocycles. The van der Waals surface area contributed by atoms with Crippen LogP contribution in [0.25, 0.3) is 0 Å². The van der Waals surface area contributed by atoms with Crippen molar-refractivity contribution in [1.29, 1.82) is 0 Å². The van der Waals surface area contributed by atoms with Gasteiger partial charge in [0.15, 0.2) is 0 Å². The van der Waals surface area contributed by atoms with Gasteiger partial charge in [-0.25, -0.2) is 13.1 Å². The van der Waals surface area contributed by atoms with Gasteiger partial charge in [0.2, 0.25) is 10.0 Å². The number of aromatic nitrogens is 2. The Balaban J connectivity index is 2.64. The lowest BCUT2D eigenvalue weighted by molar-refractivity contribution is -0.386. The molecule has 0 aliphatic heterocycles. The number of sulfonamides is 1. The van der Waals surface area contributed by atoms with E-state index in [9.17, 15) is 18.5 Å². The van der Waals surface area contributed by atoms with Gasteiger partial charge >= 0.3 is 5.69 Å². The fourth-order valence-corrected chi connectivity index (χ4v) is 2.17. The van der Waals surface area contributed by atoms with Gasteiger partial charge in [-0.3, -0.25) is 14.8 Å². The Morgan fingerprint density at radius 2 is 2.06 bits per heavy atom. The molecule has 0 saturated carbocycles. The van der Waals surface area contributed by atoms with Gasteiger partial charge in [0, 0.05) is 13.1 Å². The molecule has 0 amide bonds. The fraction of sp³-hybridized carbons (Fsp3) is 0.667. The van der Waals surface area contributed by atoms with Crippen LogP contribution in [0.5, 0.6) is 0 Å². The summed E-state index contributed by atoms with van der Waals surface area (Å²) in [5, 5.41) is 14.8. The van der Waals surface area contributed by atoms with Gasteiger partial charge in [-0.1, -0.05) is 0 Å². The Bertz CT molecular complexity index is 549. The molecule has 0 aliphatic rings. The minimum atomic E-state index is -3.19. The normalized spacial score (nSPS) is 11.7. The van der Waals surface area contributed by atoms with Gasteiger partial charge in [0.1, 0.15) is 11.4 Å². The van der Waals surface area contributed by atoms with E-state index in [1.165, 1.54) is 4.68 Å². The van der Waals surface area contributed by atoms with Crippen LogP contribution in [0.4, 0.5) is 5.69 Å². The van der Waals surface area contributed by atoms with Gasteiger partial charge in [0.05, 0.1) is 11.2 Å². The van der Waals surface area contributed by atoms with Crippen LogP contribution < -0.4 is 4.72 Å². The molecule has 8 nitrogen and oxygen atoms in total. The number of nitrogens with one attached hydrogen (secondary N) is 1. The third kappa shape index (κ3) is 3.77. The monoisotopic (exact) mass is 276 g/mol. The molecule has 0 radical (unpaired) electrons. The highest BCUT2D eigenvalue weighted by molar-refractivity contribution is 7.88. The first-order chi connectivity index (χ1) is 8.22. The van der Waals surface area contributed by atoms with Crippen LogP contribution in [-0.4, -0.2) is 35.9 Å². The van der Waals surface area contributed by atoms with Crippen molar-refractivity contribution in [2.45, 2.75) is 26.8 Å². The third-order valence-electron chi connectivity index (χ3n) is 2.44. The molecule has 0 spiro atoms. The highest BCUT2D eigenvalue weighted by atomic mass is 32.2. The zero-order chi connectivity index (χ0) is 13.9. The molecular formula is C9H16N4O4S. The SMILES string of the molecule is Cc1nn(CCCNS(C)(=O)=O)c(C)c1[N+](=O)[O-]. The van der Waals surface area contributed by atoms with E-state index < -0.39 is 14.9 Å². The first-order valence-electron chi connectivity index (χ1n) is 5.35. The van der Waals surface area contributed by atoms with E-state index in [1.807, 2.05) is 0 Å². The Kier molecular flexibility index (Phi) is 4.41. The summed E-state index contributed by atoms with van der Waals surface area (Å²) in [4.78, 5) is 10.3. The quantitative estimate of drug-likeness (QED) is 0.458. The molecule has 1 rings (SSSR count). The summed E-state index contributed by atoms with van der Waals surface area (Å²) < 4.78 is 25.5. The summed E-state index contributed by atoms with van der Waals surface area (Å²) in [5.41, 5.74) is 0.872. The fourth-order valence-electron chi connectivity index (χ4n) is 1.66. The molecular weight excluding hydrogens is 260 g/mol. The molecule has 1 N–H and O–H groups in total. The Labute approximate surface area is 105 Å². The summed E-state index contributed by atoms with van der Waals surface area (Å²) in [5.74, 6) is 0. The molecule has 18 heavy (non-hydrogen) atoms. The summed E-state index contributed by atoms with van der Waals surface area (Å²) >= 11 is 0. The molecule has 0 unspecified atom stereocenters. The maximum atomic E-state index is 10.8. The highest BCUT2D eigenvalue weighted by Crippen LogP contribution is 2.21. The maximum absolute atomic E-state index is 10.8. The Hall–Kier alpha value is -1.48. The van der Waals surface area contributed by atoms with E-state index in [0.29, 0.717) is 24.4 Å². The number of nitro groups is 1. The van der Waals surface area contributed by atoms with Gasteiger partial charge in [-0.05, 0) is 20.3 Å². The molecule has 0 saturated heterocycles. The lowest BCUT2D eigenvalue weighted by Gasteiger charge is -2.04. The molecule has 102 valence electrons. The number of rotatable bonds is 6. The minimum Gasteiger partial charge on any atom is -0.262 e. The van der Waals surface area contributed by atoms with Crippen molar-refractivity contribution in [1.82, 2.24) is 14.5 Å². The summed E-state index contributed by atoms with van der Waals surface area (Å²) in [6, 6.07) is 0. The standard InChI is InChI=1S/C9H16N4O4S/c1-7-9(13(14)15)8(2)12(11-7)6-4-5-10-18(3,16)17/h10H,4-6H2,1-3H3. The molecule has 0 fully saturated rings. The van der Waals surface area contributed by atoms with Crippen molar-refractivity contribution >= 4 is 15.7 Å². The highest BCUT2D eigenvalue weighted by Gasteiger charge is 2.21. The number of nitrogens with zero attached hydrogens (tertiary/aromatic N) is 3. The van der Waals surface area contributed by atoms with Crippen LogP contribution in [0.3, 0.4) is 0 Å². The van der Waals surface area contributed by atoms with E-state index >= 15 is 0 Å².